The van der Waals surface area contributed by atoms with E-state index in [-0.39, 0.29) is 29.8 Å². The molecule has 1 aliphatic heterocycles. The van der Waals surface area contributed by atoms with Gasteiger partial charge in [-0.25, -0.2) is 13.6 Å². The van der Waals surface area contributed by atoms with Gasteiger partial charge in [0.25, 0.3) is 5.91 Å². The Morgan fingerprint density at radius 3 is 2.64 bits per heavy atom. The molecule has 0 spiro atoms. The van der Waals surface area contributed by atoms with Crippen molar-refractivity contribution in [3.63, 3.8) is 0 Å². The number of hydrogen-bond donors (Lipinski definition) is 2. The lowest BCUT2D eigenvalue weighted by atomic mass is 9.93. The van der Waals surface area contributed by atoms with Gasteiger partial charge in [0, 0.05) is 35.0 Å². The van der Waals surface area contributed by atoms with Crippen molar-refractivity contribution in [2.45, 2.75) is 38.1 Å². The summed E-state index contributed by atoms with van der Waals surface area (Å²) >= 11 is 0. The average molecular weight is 451 g/mol. The number of aromatic amines is 1. The van der Waals surface area contributed by atoms with Gasteiger partial charge in [-0.05, 0) is 49.1 Å². The maximum absolute atomic E-state index is 13.8. The molecule has 2 aliphatic rings. The van der Waals surface area contributed by atoms with Crippen LogP contribution in [0, 0.1) is 11.6 Å². The van der Waals surface area contributed by atoms with Crippen LogP contribution in [0.4, 0.5) is 13.6 Å². The molecule has 0 radical (unpaired) electrons. The van der Waals surface area contributed by atoms with Crippen molar-refractivity contribution in [1.82, 2.24) is 15.2 Å². The van der Waals surface area contributed by atoms with E-state index in [2.05, 4.69) is 10.3 Å². The molecule has 33 heavy (non-hydrogen) atoms. The molecule has 170 valence electrons. The maximum atomic E-state index is 13.8. The molecule has 2 N–H and O–H groups in total. The minimum absolute atomic E-state index is 0.00559. The van der Waals surface area contributed by atoms with E-state index < -0.39 is 23.6 Å². The van der Waals surface area contributed by atoms with E-state index >= 15 is 0 Å². The Kier molecular flexibility index (Phi) is 5.36. The molecule has 1 aromatic heterocycles. The summed E-state index contributed by atoms with van der Waals surface area (Å²) in [5.41, 5.74) is 2.44. The van der Waals surface area contributed by atoms with Crippen LogP contribution in [-0.2, 0) is 4.74 Å². The first-order valence-corrected chi connectivity index (χ1v) is 11.0. The topological polar surface area (TPSA) is 74.4 Å². The highest BCUT2D eigenvalue weighted by molar-refractivity contribution is 5.97. The number of carbonyl (C=O) groups is 2. The third-order valence-corrected chi connectivity index (χ3v) is 6.29. The molecule has 2 heterocycles. The van der Waals surface area contributed by atoms with Crippen molar-refractivity contribution < 1.29 is 23.1 Å². The van der Waals surface area contributed by atoms with Crippen molar-refractivity contribution in [1.29, 1.82) is 0 Å². The monoisotopic (exact) mass is 451 g/mol. The number of halogens is 2. The highest BCUT2D eigenvalue weighted by Crippen LogP contribution is 2.37. The third-order valence-electron chi connectivity index (χ3n) is 6.29. The summed E-state index contributed by atoms with van der Waals surface area (Å²) < 4.78 is 32.8. The van der Waals surface area contributed by atoms with E-state index in [0.717, 1.165) is 47.9 Å². The fourth-order valence-electron chi connectivity index (χ4n) is 4.38. The van der Waals surface area contributed by atoms with Crippen molar-refractivity contribution in [2.24, 2.45) is 0 Å². The number of nitrogens with zero attached hydrogens (tertiary/aromatic N) is 1. The molecular formula is C25H23F2N3O3. The molecule has 0 saturated heterocycles. The number of aromatic nitrogens is 1. The third kappa shape index (κ3) is 3.97. The first-order valence-electron chi connectivity index (χ1n) is 11.0. The maximum Gasteiger partial charge on any atom is 0.412 e. The molecule has 1 fully saturated rings. The van der Waals surface area contributed by atoms with Gasteiger partial charge in [-0.1, -0.05) is 25.1 Å². The van der Waals surface area contributed by atoms with Crippen molar-refractivity contribution in [2.75, 3.05) is 6.54 Å². The molecule has 1 aliphatic carbocycles. The molecule has 1 atom stereocenters. The molecule has 1 saturated carbocycles. The number of ether oxygens (including phenoxy) is 1. The SMILES string of the molecule is CC1CN(C(=O)c2ccc(F)c(F)c2)C=C(OC(=O)NC2CCC2)c2[nH]c3ccccc3c21. The van der Waals surface area contributed by atoms with Gasteiger partial charge in [-0.2, -0.15) is 0 Å². The zero-order valence-corrected chi connectivity index (χ0v) is 18.0. The quantitative estimate of drug-likeness (QED) is 0.569. The number of H-pyrrole nitrogens is 1. The predicted octanol–water partition coefficient (Wildman–Crippen LogP) is 5.28. The van der Waals surface area contributed by atoms with Crippen molar-refractivity contribution in [3.05, 3.63) is 77.1 Å². The van der Waals surface area contributed by atoms with Crippen LogP contribution >= 0.6 is 0 Å². The Labute approximate surface area is 189 Å². The summed E-state index contributed by atoms with van der Waals surface area (Å²) in [7, 11) is 0. The number of rotatable bonds is 3. The summed E-state index contributed by atoms with van der Waals surface area (Å²) in [6.07, 6.45) is 3.74. The Bertz CT molecular complexity index is 1280. The van der Waals surface area contributed by atoms with Crippen LogP contribution in [-0.4, -0.2) is 34.5 Å². The van der Waals surface area contributed by atoms with Crippen molar-refractivity contribution >= 4 is 28.7 Å². The van der Waals surface area contributed by atoms with Gasteiger partial charge in [0.2, 0.25) is 0 Å². The van der Waals surface area contributed by atoms with E-state index in [9.17, 15) is 18.4 Å². The second-order valence-corrected chi connectivity index (χ2v) is 8.60. The number of nitrogens with one attached hydrogen (secondary N) is 2. The number of alkyl carbamates (subject to hydrolysis) is 1. The minimum Gasteiger partial charge on any atom is -0.407 e. The highest BCUT2D eigenvalue weighted by atomic mass is 19.2. The van der Waals surface area contributed by atoms with Gasteiger partial charge in [0.05, 0.1) is 11.9 Å². The molecule has 1 unspecified atom stereocenters. The molecule has 2 amide bonds. The molecule has 6 nitrogen and oxygen atoms in total. The lowest BCUT2D eigenvalue weighted by Gasteiger charge is -2.26. The van der Waals surface area contributed by atoms with Crippen LogP contribution in [0.1, 0.15) is 53.7 Å². The highest BCUT2D eigenvalue weighted by Gasteiger charge is 2.31. The number of fused-ring (bicyclic) bond motifs is 3. The number of carbonyl (C=O) groups excluding carboxylic acids is 2. The number of amides is 2. The Hall–Kier alpha value is -3.68. The van der Waals surface area contributed by atoms with Gasteiger partial charge in [-0.15, -0.1) is 0 Å². The minimum atomic E-state index is -1.10. The zero-order chi connectivity index (χ0) is 23.1. The first kappa shape index (κ1) is 21.2. The predicted molar refractivity (Wildman–Crippen MR) is 119 cm³/mol. The second kappa shape index (κ2) is 8.35. The van der Waals surface area contributed by atoms with Gasteiger partial charge < -0.3 is 19.9 Å². The fourth-order valence-corrected chi connectivity index (χ4v) is 4.38. The lowest BCUT2D eigenvalue weighted by molar-refractivity contribution is 0.0814. The van der Waals surface area contributed by atoms with Gasteiger partial charge in [-0.3, -0.25) is 4.79 Å². The van der Waals surface area contributed by atoms with Crippen molar-refractivity contribution in [3.8, 4) is 0 Å². The Balaban J connectivity index is 1.54. The average Bonchev–Trinajstić information content (AvgIpc) is 3.10. The molecular weight excluding hydrogens is 428 g/mol. The second-order valence-electron chi connectivity index (χ2n) is 8.60. The molecule has 8 heteroatoms. The summed E-state index contributed by atoms with van der Waals surface area (Å²) in [4.78, 5) is 30.5. The van der Waals surface area contributed by atoms with Crippen LogP contribution < -0.4 is 5.32 Å². The zero-order valence-electron chi connectivity index (χ0n) is 18.0. The molecule has 0 bridgehead atoms. The van der Waals surface area contributed by atoms with E-state index in [4.69, 9.17) is 4.74 Å². The van der Waals surface area contributed by atoms with E-state index in [1.807, 2.05) is 31.2 Å². The lowest BCUT2D eigenvalue weighted by Crippen LogP contribution is -2.39. The van der Waals surface area contributed by atoms with Gasteiger partial charge in [0.1, 0.15) is 0 Å². The fraction of sp³-hybridized carbons (Fsp3) is 0.280. The molecule has 3 aromatic rings. The molecule has 5 rings (SSSR count). The normalized spacial score (nSPS) is 18.2. The van der Waals surface area contributed by atoms with Crippen LogP contribution in [0.5, 0.6) is 0 Å². The van der Waals surface area contributed by atoms with Crippen LogP contribution in [0.2, 0.25) is 0 Å². The summed E-state index contributed by atoms with van der Waals surface area (Å²) in [6, 6.07) is 10.9. The smallest absolute Gasteiger partial charge is 0.407 e. The van der Waals surface area contributed by atoms with Crippen LogP contribution in [0.25, 0.3) is 16.7 Å². The summed E-state index contributed by atoms with van der Waals surface area (Å²) in [6.45, 7) is 2.24. The largest absolute Gasteiger partial charge is 0.412 e. The van der Waals surface area contributed by atoms with Gasteiger partial charge >= 0.3 is 6.09 Å². The molecule has 2 aromatic carbocycles. The number of para-hydroxylation sites is 1. The van der Waals surface area contributed by atoms with Crippen LogP contribution in [0.15, 0.2) is 48.7 Å². The summed E-state index contributed by atoms with van der Waals surface area (Å²) in [5, 5.41) is 3.81. The first-order chi connectivity index (χ1) is 15.9. The van der Waals surface area contributed by atoms with E-state index in [0.29, 0.717) is 5.69 Å². The number of hydrogen-bond acceptors (Lipinski definition) is 3. The van der Waals surface area contributed by atoms with E-state index in [1.165, 1.54) is 17.2 Å². The Morgan fingerprint density at radius 1 is 1.12 bits per heavy atom. The van der Waals surface area contributed by atoms with Crippen LogP contribution in [0.3, 0.4) is 0 Å². The Morgan fingerprint density at radius 2 is 1.91 bits per heavy atom. The summed E-state index contributed by atoms with van der Waals surface area (Å²) in [5.74, 6) is -2.57. The number of benzene rings is 2. The standard InChI is InChI=1S/C25H23F2N3O3/c1-14-12-30(24(31)15-9-10-18(26)19(27)11-15)13-21(33-25(32)28-16-5-4-6-16)23-22(14)17-7-2-3-8-20(17)29-23/h2-3,7-11,13-14,16,29H,4-6,12H2,1H3,(H,28,32). The van der Waals surface area contributed by atoms with E-state index in [1.54, 1.807) is 0 Å². The van der Waals surface area contributed by atoms with Gasteiger partial charge in [0.15, 0.2) is 17.4 Å².